The summed E-state index contributed by atoms with van der Waals surface area (Å²) >= 11 is 6.06. The summed E-state index contributed by atoms with van der Waals surface area (Å²) in [6.07, 6.45) is 2.51. The SMILES string of the molecule is CNC(=O)CN(C)c1ccc(Cl)cc1CNC1CC1. The maximum absolute atomic E-state index is 11.5. The molecular weight excluding hydrogens is 262 g/mol. The second kappa shape index (κ2) is 6.26. The van der Waals surface area contributed by atoms with Gasteiger partial charge in [-0.15, -0.1) is 0 Å². The zero-order chi connectivity index (χ0) is 13.8. The lowest BCUT2D eigenvalue weighted by molar-refractivity contribution is -0.119. The molecule has 2 rings (SSSR count). The van der Waals surface area contributed by atoms with Crippen molar-refractivity contribution in [1.82, 2.24) is 10.6 Å². The molecule has 0 spiro atoms. The largest absolute Gasteiger partial charge is 0.365 e. The van der Waals surface area contributed by atoms with Crippen molar-refractivity contribution in [3.05, 3.63) is 28.8 Å². The van der Waals surface area contributed by atoms with Crippen molar-refractivity contribution >= 4 is 23.2 Å². The number of hydrogen-bond acceptors (Lipinski definition) is 3. The predicted octanol–water partition coefficient (Wildman–Crippen LogP) is 1.77. The van der Waals surface area contributed by atoms with E-state index in [9.17, 15) is 4.79 Å². The number of carbonyl (C=O) groups is 1. The van der Waals surface area contributed by atoms with E-state index in [1.165, 1.54) is 12.8 Å². The summed E-state index contributed by atoms with van der Waals surface area (Å²) < 4.78 is 0. The van der Waals surface area contributed by atoms with Crippen LogP contribution in [0.4, 0.5) is 5.69 Å². The van der Waals surface area contributed by atoms with Gasteiger partial charge in [0.1, 0.15) is 0 Å². The Morgan fingerprint density at radius 1 is 1.47 bits per heavy atom. The van der Waals surface area contributed by atoms with Crippen LogP contribution in [0.25, 0.3) is 0 Å². The van der Waals surface area contributed by atoms with Gasteiger partial charge in [0.05, 0.1) is 6.54 Å². The number of nitrogens with one attached hydrogen (secondary N) is 2. The standard InChI is InChI=1S/C14H20ClN3O/c1-16-14(19)9-18(2)13-6-3-11(15)7-10(13)8-17-12-4-5-12/h3,6-7,12,17H,4-5,8-9H2,1-2H3,(H,16,19). The van der Waals surface area contributed by atoms with Crippen molar-refractivity contribution in [2.75, 3.05) is 25.5 Å². The number of hydrogen-bond donors (Lipinski definition) is 2. The van der Waals surface area contributed by atoms with Crippen LogP contribution >= 0.6 is 11.6 Å². The van der Waals surface area contributed by atoms with Crippen LogP contribution in [-0.4, -0.2) is 32.6 Å². The van der Waals surface area contributed by atoms with Crippen molar-refractivity contribution in [1.29, 1.82) is 0 Å². The first kappa shape index (κ1) is 14.2. The van der Waals surface area contributed by atoms with E-state index in [1.807, 2.05) is 30.1 Å². The summed E-state index contributed by atoms with van der Waals surface area (Å²) in [6.45, 7) is 1.13. The van der Waals surface area contributed by atoms with Crippen LogP contribution in [0.15, 0.2) is 18.2 Å². The van der Waals surface area contributed by atoms with E-state index < -0.39 is 0 Å². The van der Waals surface area contributed by atoms with Gasteiger partial charge in [-0.25, -0.2) is 0 Å². The molecular formula is C14H20ClN3O. The van der Waals surface area contributed by atoms with Gasteiger partial charge in [-0.05, 0) is 36.6 Å². The zero-order valence-corrected chi connectivity index (χ0v) is 12.1. The molecule has 0 atom stereocenters. The molecule has 2 N–H and O–H groups in total. The Labute approximate surface area is 119 Å². The van der Waals surface area contributed by atoms with E-state index in [-0.39, 0.29) is 5.91 Å². The van der Waals surface area contributed by atoms with E-state index in [0.29, 0.717) is 12.6 Å². The molecule has 0 bridgehead atoms. The molecule has 0 aliphatic heterocycles. The predicted molar refractivity (Wildman–Crippen MR) is 78.7 cm³/mol. The molecule has 0 radical (unpaired) electrons. The second-order valence-electron chi connectivity index (χ2n) is 4.96. The third kappa shape index (κ3) is 4.11. The fourth-order valence-corrected chi connectivity index (χ4v) is 2.18. The number of nitrogens with zero attached hydrogens (tertiary/aromatic N) is 1. The maximum Gasteiger partial charge on any atom is 0.239 e. The molecule has 0 saturated heterocycles. The maximum atomic E-state index is 11.5. The topological polar surface area (TPSA) is 44.4 Å². The average Bonchev–Trinajstić information content (AvgIpc) is 3.20. The Morgan fingerprint density at radius 2 is 2.21 bits per heavy atom. The Bertz CT molecular complexity index is 460. The Hall–Kier alpha value is -1.26. The van der Waals surface area contributed by atoms with Crippen LogP contribution in [0.5, 0.6) is 0 Å². The van der Waals surface area contributed by atoms with Crippen molar-refractivity contribution in [3.63, 3.8) is 0 Å². The number of carbonyl (C=O) groups excluding carboxylic acids is 1. The minimum atomic E-state index is -0.00134. The highest BCUT2D eigenvalue weighted by molar-refractivity contribution is 6.30. The highest BCUT2D eigenvalue weighted by atomic mass is 35.5. The summed E-state index contributed by atoms with van der Waals surface area (Å²) in [5, 5.41) is 6.84. The third-order valence-corrected chi connectivity index (χ3v) is 3.51. The Balaban J connectivity index is 2.09. The first-order chi connectivity index (χ1) is 9.10. The molecule has 0 aromatic heterocycles. The first-order valence-corrected chi connectivity index (χ1v) is 6.91. The molecule has 4 nitrogen and oxygen atoms in total. The second-order valence-corrected chi connectivity index (χ2v) is 5.39. The Morgan fingerprint density at radius 3 is 2.84 bits per heavy atom. The van der Waals surface area contributed by atoms with Gasteiger partial charge in [-0.2, -0.15) is 0 Å². The highest BCUT2D eigenvalue weighted by Crippen LogP contribution is 2.25. The molecule has 1 aromatic carbocycles. The number of rotatable bonds is 6. The summed E-state index contributed by atoms with van der Waals surface area (Å²) in [7, 11) is 3.56. The van der Waals surface area contributed by atoms with Gasteiger partial charge < -0.3 is 15.5 Å². The fourth-order valence-electron chi connectivity index (χ4n) is 1.99. The van der Waals surface area contributed by atoms with Crippen LogP contribution in [0.1, 0.15) is 18.4 Å². The van der Waals surface area contributed by atoms with Gasteiger partial charge in [0, 0.05) is 37.4 Å². The van der Waals surface area contributed by atoms with Crippen molar-refractivity contribution in [2.45, 2.75) is 25.4 Å². The number of anilines is 1. The van der Waals surface area contributed by atoms with Crippen LogP contribution in [-0.2, 0) is 11.3 Å². The smallest absolute Gasteiger partial charge is 0.239 e. The van der Waals surface area contributed by atoms with E-state index in [0.717, 1.165) is 22.8 Å². The van der Waals surface area contributed by atoms with Gasteiger partial charge in [-0.1, -0.05) is 11.6 Å². The molecule has 0 unspecified atom stereocenters. The summed E-state index contributed by atoms with van der Waals surface area (Å²) in [5.74, 6) is -0.00134. The molecule has 1 fully saturated rings. The van der Waals surface area contributed by atoms with E-state index in [2.05, 4.69) is 10.6 Å². The van der Waals surface area contributed by atoms with E-state index in [1.54, 1.807) is 7.05 Å². The summed E-state index contributed by atoms with van der Waals surface area (Å²) in [5.41, 5.74) is 2.17. The van der Waals surface area contributed by atoms with Gasteiger partial charge in [0.25, 0.3) is 0 Å². The fraction of sp³-hybridized carbons (Fsp3) is 0.500. The molecule has 5 heteroatoms. The van der Waals surface area contributed by atoms with Crippen LogP contribution in [0.2, 0.25) is 5.02 Å². The number of halogens is 1. The quantitative estimate of drug-likeness (QED) is 0.835. The van der Waals surface area contributed by atoms with Crippen LogP contribution in [0, 0.1) is 0 Å². The lowest BCUT2D eigenvalue weighted by Crippen LogP contribution is -2.33. The van der Waals surface area contributed by atoms with Crippen molar-refractivity contribution in [3.8, 4) is 0 Å². The summed E-state index contributed by atoms with van der Waals surface area (Å²) in [4.78, 5) is 13.4. The molecule has 104 valence electrons. The minimum absolute atomic E-state index is 0.00134. The molecule has 1 aliphatic rings. The Kier molecular flexibility index (Phi) is 4.66. The van der Waals surface area contributed by atoms with Gasteiger partial charge in [0.2, 0.25) is 5.91 Å². The molecule has 1 amide bonds. The van der Waals surface area contributed by atoms with Gasteiger partial charge in [0.15, 0.2) is 0 Å². The lowest BCUT2D eigenvalue weighted by Gasteiger charge is -2.22. The third-order valence-electron chi connectivity index (χ3n) is 3.27. The highest BCUT2D eigenvalue weighted by Gasteiger charge is 2.21. The van der Waals surface area contributed by atoms with E-state index >= 15 is 0 Å². The number of amides is 1. The molecule has 0 heterocycles. The van der Waals surface area contributed by atoms with Crippen molar-refractivity contribution in [2.24, 2.45) is 0 Å². The van der Waals surface area contributed by atoms with E-state index in [4.69, 9.17) is 11.6 Å². The normalized spacial score (nSPS) is 14.3. The van der Waals surface area contributed by atoms with Crippen LogP contribution < -0.4 is 15.5 Å². The minimum Gasteiger partial charge on any atom is -0.365 e. The first-order valence-electron chi connectivity index (χ1n) is 6.53. The molecule has 1 saturated carbocycles. The molecule has 1 aromatic rings. The number of likely N-dealkylation sites (N-methyl/N-ethyl adjacent to an activating group) is 2. The van der Waals surface area contributed by atoms with Crippen molar-refractivity contribution < 1.29 is 4.79 Å². The molecule has 19 heavy (non-hydrogen) atoms. The van der Waals surface area contributed by atoms with Gasteiger partial charge in [-0.3, -0.25) is 4.79 Å². The lowest BCUT2D eigenvalue weighted by atomic mass is 10.1. The number of benzene rings is 1. The summed E-state index contributed by atoms with van der Waals surface area (Å²) in [6, 6.07) is 6.44. The van der Waals surface area contributed by atoms with Gasteiger partial charge >= 0.3 is 0 Å². The molecule has 1 aliphatic carbocycles. The zero-order valence-electron chi connectivity index (χ0n) is 11.4. The van der Waals surface area contributed by atoms with Crippen LogP contribution in [0.3, 0.4) is 0 Å². The average molecular weight is 282 g/mol. The monoisotopic (exact) mass is 281 g/mol.